The summed E-state index contributed by atoms with van der Waals surface area (Å²) in [6.45, 7) is 9.29. The molecular formula is C24H21BrFN7O2. The van der Waals surface area contributed by atoms with Crippen LogP contribution in [0.2, 0.25) is 0 Å². The van der Waals surface area contributed by atoms with E-state index >= 15 is 0 Å². The number of nitrogens with zero attached hydrogens (tertiary/aromatic N) is 6. The van der Waals surface area contributed by atoms with Crippen LogP contribution in [0.1, 0.15) is 40.2 Å². The fraction of sp³-hybridized carbons (Fsp3) is 0.125. The molecule has 0 radical (unpaired) electrons. The first-order valence-corrected chi connectivity index (χ1v) is 11.2. The highest BCUT2D eigenvalue weighted by Gasteiger charge is 2.24. The van der Waals surface area contributed by atoms with E-state index < -0.39 is 17.8 Å². The molecule has 0 bridgehead atoms. The predicted molar refractivity (Wildman–Crippen MR) is 133 cm³/mol. The number of nitrogens with two attached hydrogens (primary N) is 1. The second kappa shape index (κ2) is 10.0. The van der Waals surface area contributed by atoms with Crippen molar-refractivity contribution in [2.75, 3.05) is 5.73 Å². The van der Waals surface area contributed by atoms with Crippen LogP contribution in [0.15, 0.2) is 66.9 Å². The Hall–Kier alpha value is -4.12. The first-order valence-electron chi connectivity index (χ1n) is 10.4. The normalized spacial score (nSPS) is 11.7. The number of hydrogen-bond acceptors (Lipinski definition) is 7. The first-order chi connectivity index (χ1) is 16.8. The first kappa shape index (κ1) is 24.0. The summed E-state index contributed by atoms with van der Waals surface area (Å²) >= 11 is 3.21. The molecule has 4 rings (SSSR count). The van der Waals surface area contributed by atoms with Gasteiger partial charge in [0.05, 0.1) is 18.4 Å². The highest BCUT2D eigenvalue weighted by Crippen LogP contribution is 2.28. The molecule has 1 amide bonds. The fourth-order valence-corrected chi connectivity index (χ4v) is 3.69. The molecule has 3 heterocycles. The molecule has 0 aliphatic carbocycles. The van der Waals surface area contributed by atoms with Crippen LogP contribution in [0, 0.1) is 5.82 Å². The van der Waals surface area contributed by atoms with E-state index in [1.807, 2.05) is 6.20 Å². The lowest BCUT2D eigenvalue weighted by Crippen LogP contribution is -2.27. The summed E-state index contributed by atoms with van der Waals surface area (Å²) < 4.78 is 22.2. The van der Waals surface area contributed by atoms with Crippen LogP contribution in [0.5, 0.6) is 5.88 Å². The number of anilines is 1. The van der Waals surface area contributed by atoms with Crippen LogP contribution in [-0.4, -0.2) is 35.1 Å². The van der Waals surface area contributed by atoms with Crippen molar-refractivity contribution in [2.45, 2.75) is 19.6 Å². The topological polar surface area (TPSA) is 112 Å². The van der Waals surface area contributed by atoms with Crippen molar-refractivity contribution in [1.29, 1.82) is 0 Å². The molecule has 2 N–H and O–H groups in total. The molecule has 178 valence electrons. The molecule has 9 nitrogen and oxygen atoms in total. The maximum atomic E-state index is 14.2. The molecule has 11 heteroatoms. The summed E-state index contributed by atoms with van der Waals surface area (Å²) in [4.78, 5) is 31.7. The van der Waals surface area contributed by atoms with Crippen LogP contribution < -0.4 is 10.5 Å². The number of aromatic nitrogens is 5. The van der Waals surface area contributed by atoms with E-state index in [0.717, 1.165) is 5.56 Å². The average molecular weight is 538 g/mol. The van der Waals surface area contributed by atoms with Crippen LogP contribution in [-0.2, 0) is 6.54 Å². The van der Waals surface area contributed by atoms with Gasteiger partial charge in [-0.05, 0) is 41.1 Å². The molecular weight excluding hydrogens is 517 g/mol. The molecule has 0 saturated carbocycles. The van der Waals surface area contributed by atoms with Crippen molar-refractivity contribution < 1.29 is 13.9 Å². The minimum atomic E-state index is -0.765. The molecule has 3 aromatic heterocycles. The zero-order valence-electron chi connectivity index (χ0n) is 18.7. The Morgan fingerprint density at radius 2 is 2.09 bits per heavy atom. The average Bonchev–Trinajstić information content (AvgIpc) is 3.25. The number of carbonyl (C=O) groups is 1. The lowest BCUT2D eigenvalue weighted by atomic mass is 10.0. The van der Waals surface area contributed by atoms with E-state index in [0.29, 0.717) is 21.6 Å². The molecule has 0 spiro atoms. The van der Waals surface area contributed by atoms with E-state index in [9.17, 15) is 9.18 Å². The Kier molecular flexibility index (Phi) is 6.87. The van der Waals surface area contributed by atoms with E-state index in [-0.39, 0.29) is 23.8 Å². The Labute approximate surface area is 208 Å². The number of carbonyl (C=O) groups excluding carboxylic acids is 1. The summed E-state index contributed by atoms with van der Waals surface area (Å²) in [6, 6.07) is 3.86. The van der Waals surface area contributed by atoms with Gasteiger partial charge in [-0.25, -0.2) is 24.3 Å². The molecule has 1 atom stereocenters. The van der Waals surface area contributed by atoms with Crippen LogP contribution in [0.4, 0.5) is 10.2 Å². The predicted octanol–water partition coefficient (Wildman–Crippen LogP) is 4.57. The molecule has 0 fully saturated rings. The van der Waals surface area contributed by atoms with Crippen LogP contribution >= 0.6 is 15.9 Å². The third-order valence-corrected chi connectivity index (χ3v) is 5.52. The number of nitrogen functional groups attached to an aromatic ring is 1. The SMILES string of the molecule is C=Cc1cnc2nc(CN(C=C)C(=O)c3ccc(F)cc3[C@@H](C)Oc3nc(Br)cnc3N)cn2c1. The maximum Gasteiger partial charge on any atom is 0.258 e. The van der Waals surface area contributed by atoms with Gasteiger partial charge in [-0.3, -0.25) is 9.20 Å². The van der Waals surface area contributed by atoms with E-state index in [1.165, 1.54) is 35.5 Å². The summed E-state index contributed by atoms with van der Waals surface area (Å²) in [5.74, 6) is -0.312. The molecule has 0 aliphatic rings. The quantitative estimate of drug-likeness (QED) is 0.350. The van der Waals surface area contributed by atoms with Crippen molar-refractivity contribution in [3.63, 3.8) is 0 Å². The smallest absolute Gasteiger partial charge is 0.258 e. The van der Waals surface area contributed by atoms with E-state index in [4.69, 9.17) is 10.5 Å². The molecule has 35 heavy (non-hydrogen) atoms. The minimum Gasteiger partial charge on any atom is -0.467 e. The number of fused-ring (bicyclic) bond motifs is 1. The largest absolute Gasteiger partial charge is 0.467 e. The number of rotatable bonds is 8. The highest BCUT2D eigenvalue weighted by molar-refractivity contribution is 9.10. The molecule has 0 unspecified atom stereocenters. The van der Waals surface area contributed by atoms with E-state index in [2.05, 4.69) is 49.0 Å². The Balaban J connectivity index is 1.62. The van der Waals surface area contributed by atoms with Gasteiger partial charge in [0.25, 0.3) is 11.8 Å². The van der Waals surface area contributed by atoms with Gasteiger partial charge in [-0.2, -0.15) is 0 Å². The van der Waals surface area contributed by atoms with Gasteiger partial charge in [-0.1, -0.05) is 19.2 Å². The van der Waals surface area contributed by atoms with Crippen molar-refractivity contribution >= 4 is 39.5 Å². The number of imidazole rings is 1. The molecule has 4 aromatic rings. The maximum absolute atomic E-state index is 14.2. The van der Waals surface area contributed by atoms with Crippen molar-refractivity contribution in [3.8, 4) is 5.88 Å². The van der Waals surface area contributed by atoms with Crippen molar-refractivity contribution in [3.05, 3.63) is 95.1 Å². The highest BCUT2D eigenvalue weighted by atomic mass is 79.9. The monoisotopic (exact) mass is 537 g/mol. The second-order valence-electron chi connectivity index (χ2n) is 7.52. The number of ether oxygens (including phenoxy) is 1. The van der Waals surface area contributed by atoms with Gasteiger partial charge in [-0.15, -0.1) is 0 Å². The lowest BCUT2D eigenvalue weighted by molar-refractivity contribution is 0.0807. The fourth-order valence-electron chi connectivity index (χ4n) is 3.42. The van der Waals surface area contributed by atoms with Gasteiger partial charge in [0.15, 0.2) is 5.82 Å². The molecule has 1 aromatic carbocycles. The van der Waals surface area contributed by atoms with Crippen LogP contribution in [0.3, 0.4) is 0 Å². The van der Waals surface area contributed by atoms with Gasteiger partial charge < -0.3 is 15.4 Å². The van der Waals surface area contributed by atoms with Crippen molar-refractivity contribution in [1.82, 2.24) is 29.2 Å². The number of hydrogen-bond donors (Lipinski definition) is 1. The summed E-state index contributed by atoms with van der Waals surface area (Å²) in [7, 11) is 0. The number of benzene rings is 1. The van der Waals surface area contributed by atoms with Gasteiger partial charge in [0.2, 0.25) is 5.78 Å². The minimum absolute atomic E-state index is 0.0613. The van der Waals surface area contributed by atoms with Gasteiger partial charge >= 0.3 is 0 Å². The third-order valence-electron chi connectivity index (χ3n) is 5.14. The Morgan fingerprint density at radius 1 is 1.29 bits per heavy atom. The third kappa shape index (κ3) is 5.19. The summed E-state index contributed by atoms with van der Waals surface area (Å²) in [5.41, 5.74) is 7.82. The standard InChI is InChI=1S/C24H21BrFN7O2/c1-4-15-9-29-24-30-17(13-33(24)11-15)12-32(5-2)23(34)18-7-6-16(26)8-19(18)14(3)35-22-21(27)28-10-20(25)31-22/h4-11,13-14H,1-2,12H2,3H3,(H2,27,28)/t14-/m1/s1. The molecule has 0 aliphatic heterocycles. The summed E-state index contributed by atoms with van der Waals surface area (Å²) in [5, 5.41) is 0. The Morgan fingerprint density at radius 3 is 2.83 bits per heavy atom. The van der Waals surface area contributed by atoms with Crippen LogP contribution in [0.25, 0.3) is 11.9 Å². The van der Waals surface area contributed by atoms with E-state index in [1.54, 1.807) is 29.8 Å². The zero-order valence-corrected chi connectivity index (χ0v) is 20.3. The Bertz CT molecular complexity index is 1440. The van der Waals surface area contributed by atoms with Crippen molar-refractivity contribution in [2.24, 2.45) is 0 Å². The number of halogens is 2. The summed E-state index contributed by atoms with van der Waals surface area (Å²) in [6.07, 6.45) is 9.00. The lowest BCUT2D eigenvalue weighted by Gasteiger charge is -2.22. The molecule has 0 saturated heterocycles. The van der Waals surface area contributed by atoms with Gasteiger partial charge in [0, 0.05) is 41.5 Å². The van der Waals surface area contributed by atoms with Gasteiger partial charge in [0.1, 0.15) is 16.5 Å². The zero-order chi connectivity index (χ0) is 25.1. The second-order valence-corrected chi connectivity index (χ2v) is 8.33. The number of amides is 1.